The Hall–Kier alpha value is -1.78. The second-order valence-corrected chi connectivity index (χ2v) is 6.39. The van der Waals surface area contributed by atoms with Crippen molar-refractivity contribution in [3.63, 3.8) is 0 Å². The summed E-state index contributed by atoms with van der Waals surface area (Å²) in [6.07, 6.45) is -1.19. The number of hydrogen-bond acceptors (Lipinski definition) is 2. The van der Waals surface area contributed by atoms with Crippen LogP contribution in [0, 0.1) is 56.5 Å². The summed E-state index contributed by atoms with van der Waals surface area (Å²) in [5.41, 5.74) is 0.207. The fraction of sp³-hybridized carbons (Fsp3) is 0.364. The minimum atomic E-state index is -4.57. The quantitative estimate of drug-likeness (QED) is 0.241. The Bertz CT molecular complexity index is 620. The number of carbonyl (C=O) groups is 1. The maximum absolute atomic E-state index is 12.9. The smallest absolute Gasteiger partial charge is 2.00 e. The van der Waals surface area contributed by atoms with Crippen LogP contribution in [0.4, 0.5) is 13.2 Å². The molecule has 1 aromatic carbocycles. The topological polar surface area (TPSA) is 86.0 Å². The van der Waals surface area contributed by atoms with Crippen molar-refractivity contribution in [3.8, 4) is 0 Å². The fourth-order valence-electron chi connectivity index (χ4n) is 2.28. The third kappa shape index (κ3) is 17.6. The van der Waals surface area contributed by atoms with Gasteiger partial charge in [-0.15, -0.1) is 0 Å². The number of hydrogen-bond donors (Lipinski definition) is 0. The van der Waals surface area contributed by atoms with Crippen LogP contribution in [-0.4, -0.2) is 18.8 Å². The van der Waals surface area contributed by atoms with Crippen LogP contribution in [0.3, 0.4) is 0 Å². The molecule has 5 nitrogen and oxygen atoms in total. The van der Waals surface area contributed by atoms with E-state index in [9.17, 15) is 18.0 Å². The predicted octanol–water partition coefficient (Wildman–Crippen LogP) is 4.89. The van der Waals surface area contributed by atoms with Gasteiger partial charge in [0.05, 0.1) is 6.61 Å². The summed E-state index contributed by atoms with van der Waals surface area (Å²) < 4.78 is 66.1. The van der Waals surface area contributed by atoms with Gasteiger partial charge in [-0.1, -0.05) is 57.0 Å². The zero-order valence-corrected chi connectivity index (χ0v) is 18.5. The van der Waals surface area contributed by atoms with Crippen molar-refractivity contribution < 1.29 is 53.7 Å². The van der Waals surface area contributed by atoms with Gasteiger partial charge in [-0.25, -0.2) is 19.6 Å². The Kier molecular flexibility index (Phi) is 23.8. The number of ether oxygens (including phenoxy) is 1. The van der Waals surface area contributed by atoms with Crippen LogP contribution in [0.1, 0.15) is 33.3 Å². The molecule has 0 spiro atoms. The van der Waals surface area contributed by atoms with Gasteiger partial charge in [0.25, 0.3) is 12.1 Å². The number of halogens is 3. The molecule has 0 fully saturated rings. The molecule has 0 amide bonds. The van der Waals surface area contributed by atoms with Crippen LogP contribution in [0.15, 0.2) is 30.3 Å². The molecular weight excluding hydrogens is 457 g/mol. The summed E-state index contributed by atoms with van der Waals surface area (Å²) in [6, 6.07) is 9.19. The van der Waals surface area contributed by atoms with Gasteiger partial charge in [0, 0.05) is 0 Å². The van der Waals surface area contributed by atoms with Gasteiger partial charge < -0.3 is 4.74 Å². The molecule has 0 aliphatic carbocycles. The van der Waals surface area contributed by atoms with Crippen LogP contribution >= 0.6 is 0 Å². The van der Waals surface area contributed by atoms with Crippen LogP contribution in [0.5, 0.6) is 0 Å². The van der Waals surface area contributed by atoms with Gasteiger partial charge in [0.2, 0.25) is 0 Å². The molecule has 0 saturated carbocycles. The van der Waals surface area contributed by atoms with Crippen molar-refractivity contribution >= 4 is 5.97 Å². The minimum Gasteiger partial charge on any atom is 2.00 e. The second-order valence-electron chi connectivity index (χ2n) is 6.39. The molecule has 31 heavy (non-hydrogen) atoms. The third-order valence-electron chi connectivity index (χ3n) is 3.35. The maximum atomic E-state index is 12.9. The number of carbonyl (C=O) groups excluding carboxylic acids is 1. The number of rotatable bonds is 7. The summed E-state index contributed by atoms with van der Waals surface area (Å²) in [7, 11) is 0. The summed E-state index contributed by atoms with van der Waals surface area (Å²) in [4.78, 5) is 12.1. The summed E-state index contributed by atoms with van der Waals surface area (Å²) in [5.74, 6) is -2.01. The Balaban J connectivity index is -0.000000477. The molecule has 0 aromatic heterocycles. The van der Waals surface area contributed by atoms with Crippen molar-refractivity contribution in [1.82, 2.24) is 0 Å². The van der Waals surface area contributed by atoms with Gasteiger partial charge in [-0.2, -0.15) is 0 Å². The van der Waals surface area contributed by atoms with E-state index in [0.717, 1.165) is 5.56 Å². The molecule has 3 radical (unpaired) electrons. The van der Waals surface area contributed by atoms with E-state index in [0.29, 0.717) is 5.92 Å². The Morgan fingerprint density at radius 2 is 1.52 bits per heavy atom. The summed E-state index contributed by atoms with van der Waals surface area (Å²) in [5, 5.41) is 0. The van der Waals surface area contributed by atoms with Crippen LogP contribution in [0.25, 0.3) is 0 Å². The van der Waals surface area contributed by atoms with Gasteiger partial charge >= 0.3 is 51.0 Å². The van der Waals surface area contributed by atoms with Crippen molar-refractivity contribution in [2.75, 3.05) is 6.61 Å². The summed E-state index contributed by atoms with van der Waals surface area (Å²) in [6.45, 7) is 20.4. The molecule has 0 aliphatic rings. The fourth-order valence-corrected chi connectivity index (χ4v) is 2.28. The van der Waals surface area contributed by atoms with E-state index in [1.165, 1.54) is 0 Å². The van der Waals surface area contributed by atoms with Crippen molar-refractivity contribution in [2.45, 2.75) is 33.9 Å². The molecular formula is C22H23F3FeO5+. The van der Waals surface area contributed by atoms with E-state index in [2.05, 4.69) is 20.0 Å². The normalized spacial score (nSPS) is 10.9. The minimum absolute atomic E-state index is 0. The monoisotopic (exact) mass is 480 g/mol. The first kappa shape index (κ1) is 36.6. The second kappa shape index (κ2) is 20.1. The molecule has 1 rings (SSSR count). The van der Waals surface area contributed by atoms with E-state index < -0.39 is 23.5 Å². The van der Waals surface area contributed by atoms with Gasteiger partial charge in [-0.05, 0) is 36.7 Å². The Morgan fingerprint density at radius 1 is 1.06 bits per heavy atom. The molecule has 169 valence electrons. The number of alkyl halides is 3. The molecule has 0 heterocycles. The van der Waals surface area contributed by atoms with Crippen LogP contribution in [-0.2, 0) is 40.6 Å². The molecule has 9 heteroatoms. The average molecular weight is 480 g/mol. The van der Waals surface area contributed by atoms with Crippen molar-refractivity contribution in [1.29, 1.82) is 0 Å². The van der Waals surface area contributed by atoms with Gasteiger partial charge in [0.1, 0.15) is 0 Å². The average Bonchev–Trinajstić information content (AvgIpc) is 2.71. The van der Waals surface area contributed by atoms with Crippen LogP contribution < -0.4 is 0 Å². The third-order valence-corrected chi connectivity index (χ3v) is 3.35. The van der Waals surface area contributed by atoms with Crippen molar-refractivity contribution in [3.05, 3.63) is 81.0 Å². The largest absolute Gasteiger partial charge is 2.00 e. The predicted molar refractivity (Wildman–Crippen MR) is 99.1 cm³/mol. The van der Waals surface area contributed by atoms with E-state index in [-0.39, 0.29) is 30.1 Å². The van der Waals surface area contributed by atoms with E-state index in [4.69, 9.17) is 18.7 Å². The molecule has 0 N–H and O–H groups in total. The zero-order chi connectivity index (χ0) is 24.4. The first-order valence-electron chi connectivity index (χ1n) is 8.35. The van der Waals surface area contributed by atoms with Crippen LogP contribution in [0.2, 0.25) is 0 Å². The first-order chi connectivity index (χ1) is 14.0. The standard InChI is InChI=1S/C19H23F3O2.3CO.Fe/c1-5-24-17(23)15(13-19(20,21)22)16(18(2,3)4)12-11-14-9-7-6-8-10-14;3*1-2;/h6-13,15H,5H2,1-4H3;;;;/q-1;;;;+2/t15-;;;;/m0..../s1. The zero-order valence-electron chi connectivity index (χ0n) is 17.4. The number of esters is 1. The molecule has 0 bridgehead atoms. The molecule has 0 unspecified atom stereocenters. The number of benzene rings is 1. The van der Waals surface area contributed by atoms with Gasteiger partial charge in [0.15, 0.2) is 0 Å². The molecule has 1 aromatic rings. The first-order valence-corrected chi connectivity index (χ1v) is 8.35. The Labute approximate surface area is 192 Å². The van der Waals surface area contributed by atoms with E-state index in [1.54, 1.807) is 40.5 Å². The van der Waals surface area contributed by atoms with E-state index >= 15 is 0 Å². The molecule has 1 atom stereocenters. The maximum Gasteiger partial charge on any atom is 2.00 e. The van der Waals surface area contributed by atoms with Gasteiger partial charge in [-0.3, -0.25) is 4.79 Å². The van der Waals surface area contributed by atoms with Crippen molar-refractivity contribution in [2.24, 2.45) is 11.3 Å². The Morgan fingerprint density at radius 3 is 1.87 bits per heavy atom. The molecule has 0 aliphatic heterocycles. The van der Waals surface area contributed by atoms with E-state index in [1.807, 2.05) is 30.3 Å². The molecule has 0 saturated heterocycles. The summed E-state index contributed by atoms with van der Waals surface area (Å²) >= 11 is 0. The SMILES string of the molecule is CCOC(=O)[C@@H]([CH-]C(F)(F)F)[C]([CH][CH]c1ccccc1)C(C)(C)C.[C-]#[O+].[C-]#[O+].[C-]#[O+].[Fe+2].